The van der Waals surface area contributed by atoms with Crippen LogP contribution < -0.4 is 0 Å². The lowest BCUT2D eigenvalue weighted by molar-refractivity contribution is 0.776. The van der Waals surface area contributed by atoms with Crippen molar-refractivity contribution in [1.29, 1.82) is 0 Å². The van der Waals surface area contributed by atoms with Crippen molar-refractivity contribution >= 4 is 22.4 Å². The van der Waals surface area contributed by atoms with E-state index in [1.807, 2.05) is 24.3 Å². The standard InChI is InChI=1S/C17H15ClN2/c1-11(2)17-19-15(10-16(18)20-17)14-9-5-7-12-6-3-4-8-13(12)14/h3-11H,1-2H3. The van der Waals surface area contributed by atoms with Gasteiger partial charge in [-0.2, -0.15) is 0 Å². The van der Waals surface area contributed by atoms with Gasteiger partial charge in [-0.05, 0) is 10.8 Å². The molecule has 0 aliphatic carbocycles. The summed E-state index contributed by atoms with van der Waals surface area (Å²) in [7, 11) is 0. The third-order valence-corrected chi connectivity index (χ3v) is 3.49. The number of hydrogen-bond donors (Lipinski definition) is 0. The molecule has 0 atom stereocenters. The molecule has 1 heterocycles. The van der Waals surface area contributed by atoms with Crippen molar-refractivity contribution in [2.24, 2.45) is 0 Å². The van der Waals surface area contributed by atoms with Gasteiger partial charge in [-0.25, -0.2) is 9.97 Å². The average molecular weight is 283 g/mol. The van der Waals surface area contributed by atoms with Gasteiger partial charge < -0.3 is 0 Å². The summed E-state index contributed by atoms with van der Waals surface area (Å²) in [5.74, 6) is 1.03. The van der Waals surface area contributed by atoms with Gasteiger partial charge in [0.2, 0.25) is 0 Å². The minimum absolute atomic E-state index is 0.252. The molecule has 1 aromatic heterocycles. The van der Waals surface area contributed by atoms with E-state index in [0.717, 1.165) is 17.1 Å². The summed E-state index contributed by atoms with van der Waals surface area (Å²) in [4.78, 5) is 8.95. The van der Waals surface area contributed by atoms with Crippen LogP contribution in [-0.4, -0.2) is 9.97 Å². The van der Waals surface area contributed by atoms with Crippen LogP contribution in [0.2, 0.25) is 5.15 Å². The Morgan fingerprint density at radius 1 is 0.950 bits per heavy atom. The SMILES string of the molecule is CC(C)c1nc(Cl)cc(-c2cccc3ccccc23)n1. The molecule has 0 radical (unpaired) electrons. The van der Waals surface area contributed by atoms with E-state index in [1.165, 1.54) is 10.8 Å². The van der Waals surface area contributed by atoms with E-state index in [1.54, 1.807) is 0 Å². The second-order valence-electron chi connectivity index (χ2n) is 5.12. The third kappa shape index (κ3) is 2.39. The first kappa shape index (κ1) is 13.1. The van der Waals surface area contributed by atoms with E-state index < -0.39 is 0 Å². The Labute approximate surface area is 123 Å². The van der Waals surface area contributed by atoms with E-state index in [4.69, 9.17) is 11.6 Å². The van der Waals surface area contributed by atoms with E-state index >= 15 is 0 Å². The minimum atomic E-state index is 0.252. The number of halogens is 1. The molecular weight excluding hydrogens is 268 g/mol. The van der Waals surface area contributed by atoms with Crippen molar-refractivity contribution in [1.82, 2.24) is 9.97 Å². The molecule has 0 saturated heterocycles. The van der Waals surface area contributed by atoms with Crippen LogP contribution in [0.15, 0.2) is 48.5 Å². The third-order valence-electron chi connectivity index (χ3n) is 3.29. The normalized spacial score (nSPS) is 11.2. The highest BCUT2D eigenvalue weighted by Crippen LogP contribution is 2.29. The fraction of sp³-hybridized carbons (Fsp3) is 0.176. The zero-order valence-corrected chi connectivity index (χ0v) is 12.2. The summed E-state index contributed by atoms with van der Waals surface area (Å²) in [5, 5.41) is 2.87. The summed E-state index contributed by atoms with van der Waals surface area (Å²) in [6, 6.07) is 16.3. The number of fused-ring (bicyclic) bond motifs is 1. The van der Waals surface area contributed by atoms with Crippen molar-refractivity contribution in [2.45, 2.75) is 19.8 Å². The zero-order valence-electron chi connectivity index (χ0n) is 11.5. The van der Waals surface area contributed by atoms with Gasteiger partial charge in [0.15, 0.2) is 0 Å². The first-order valence-corrected chi connectivity index (χ1v) is 7.05. The number of benzene rings is 2. The van der Waals surface area contributed by atoms with Crippen molar-refractivity contribution in [2.75, 3.05) is 0 Å². The van der Waals surface area contributed by atoms with Crippen molar-refractivity contribution in [3.8, 4) is 11.3 Å². The van der Waals surface area contributed by atoms with Crippen LogP contribution in [0, 0.1) is 0 Å². The maximum Gasteiger partial charge on any atom is 0.133 e. The highest BCUT2D eigenvalue weighted by molar-refractivity contribution is 6.29. The number of aromatic nitrogens is 2. The fourth-order valence-electron chi connectivity index (χ4n) is 2.28. The van der Waals surface area contributed by atoms with Crippen LogP contribution in [0.5, 0.6) is 0 Å². The first-order valence-electron chi connectivity index (χ1n) is 6.68. The zero-order chi connectivity index (χ0) is 14.1. The van der Waals surface area contributed by atoms with Gasteiger partial charge >= 0.3 is 0 Å². The molecule has 0 bridgehead atoms. The van der Waals surface area contributed by atoms with Gasteiger partial charge in [0.05, 0.1) is 5.69 Å². The van der Waals surface area contributed by atoms with Crippen molar-refractivity contribution < 1.29 is 0 Å². The topological polar surface area (TPSA) is 25.8 Å². The highest BCUT2D eigenvalue weighted by Gasteiger charge is 2.10. The molecule has 20 heavy (non-hydrogen) atoms. The van der Waals surface area contributed by atoms with Gasteiger partial charge in [0, 0.05) is 17.5 Å². The molecule has 0 unspecified atom stereocenters. The molecule has 100 valence electrons. The Bertz CT molecular complexity index is 761. The lowest BCUT2D eigenvalue weighted by atomic mass is 10.0. The lowest BCUT2D eigenvalue weighted by Crippen LogP contribution is -1.99. The molecule has 0 saturated carbocycles. The second-order valence-corrected chi connectivity index (χ2v) is 5.50. The average Bonchev–Trinajstić information content (AvgIpc) is 2.46. The van der Waals surface area contributed by atoms with Crippen LogP contribution in [0.4, 0.5) is 0 Å². The van der Waals surface area contributed by atoms with Gasteiger partial charge in [-0.1, -0.05) is 67.9 Å². The van der Waals surface area contributed by atoms with E-state index in [0.29, 0.717) is 5.15 Å². The minimum Gasteiger partial charge on any atom is -0.232 e. The Balaban J connectivity index is 2.25. The molecule has 0 aliphatic heterocycles. The highest BCUT2D eigenvalue weighted by atomic mass is 35.5. The molecule has 0 aliphatic rings. The Morgan fingerprint density at radius 2 is 1.70 bits per heavy atom. The lowest BCUT2D eigenvalue weighted by Gasteiger charge is -2.10. The maximum absolute atomic E-state index is 6.14. The molecule has 0 amide bonds. The van der Waals surface area contributed by atoms with Crippen LogP contribution in [0.25, 0.3) is 22.0 Å². The summed E-state index contributed by atoms with van der Waals surface area (Å²) in [6.07, 6.45) is 0. The predicted octanol–water partition coefficient (Wildman–Crippen LogP) is 5.07. The monoisotopic (exact) mass is 282 g/mol. The van der Waals surface area contributed by atoms with Gasteiger partial charge in [0.1, 0.15) is 11.0 Å². The molecule has 0 spiro atoms. The van der Waals surface area contributed by atoms with Gasteiger partial charge in [-0.3, -0.25) is 0 Å². The van der Waals surface area contributed by atoms with Crippen LogP contribution >= 0.6 is 11.6 Å². The van der Waals surface area contributed by atoms with Gasteiger partial charge in [-0.15, -0.1) is 0 Å². The largest absolute Gasteiger partial charge is 0.232 e. The molecule has 0 fully saturated rings. The molecule has 2 aromatic carbocycles. The Kier molecular flexibility index (Phi) is 3.41. The molecule has 3 heteroatoms. The maximum atomic E-state index is 6.14. The molecule has 3 rings (SSSR count). The quantitative estimate of drug-likeness (QED) is 0.613. The van der Waals surface area contributed by atoms with Crippen molar-refractivity contribution in [3.63, 3.8) is 0 Å². The number of rotatable bonds is 2. The van der Waals surface area contributed by atoms with Crippen LogP contribution in [-0.2, 0) is 0 Å². The summed E-state index contributed by atoms with van der Waals surface area (Å²) in [5.41, 5.74) is 1.97. The summed E-state index contributed by atoms with van der Waals surface area (Å²) in [6.45, 7) is 4.14. The van der Waals surface area contributed by atoms with Gasteiger partial charge in [0.25, 0.3) is 0 Å². The molecular formula is C17H15ClN2. The summed E-state index contributed by atoms with van der Waals surface area (Å²) < 4.78 is 0. The van der Waals surface area contributed by atoms with E-state index in [-0.39, 0.29) is 5.92 Å². The van der Waals surface area contributed by atoms with E-state index in [2.05, 4.69) is 48.1 Å². The molecule has 2 nitrogen and oxygen atoms in total. The van der Waals surface area contributed by atoms with Crippen LogP contribution in [0.1, 0.15) is 25.6 Å². The Hall–Kier alpha value is -1.93. The van der Waals surface area contributed by atoms with Crippen molar-refractivity contribution in [3.05, 3.63) is 59.5 Å². The smallest absolute Gasteiger partial charge is 0.133 e. The summed E-state index contributed by atoms with van der Waals surface area (Å²) >= 11 is 6.14. The Morgan fingerprint density at radius 3 is 2.50 bits per heavy atom. The predicted molar refractivity (Wildman–Crippen MR) is 84.1 cm³/mol. The van der Waals surface area contributed by atoms with E-state index in [9.17, 15) is 0 Å². The fourth-order valence-corrected chi connectivity index (χ4v) is 2.47. The molecule has 3 aromatic rings. The van der Waals surface area contributed by atoms with Crippen LogP contribution in [0.3, 0.4) is 0 Å². The second kappa shape index (κ2) is 5.22. The number of nitrogens with zero attached hydrogens (tertiary/aromatic N) is 2. The molecule has 0 N–H and O–H groups in total. The first-order chi connectivity index (χ1) is 9.65. The number of hydrogen-bond acceptors (Lipinski definition) is 2.